The highest BCUT2D eigenvalue weighted by Gasteiger charge is 2.07. The number of aliphatic hydroxyl groups is 1. The molecular weight excluding hydrogens is 182 g/mol. The molecule has 0 fully saturated rings. The quantitative estimate of drug-likeness (QED) is 0.663. The van der Waals surface area contributed by atoms with Gasteiger partial charge in [-0.1, -0.05) is 0 Å². The number of nitrogens with zero attached hydrogens (tertiary/aromatic N) is 2. The molecule has 0 spiro atoms. The zero-order chi connectivity index (χ0) is 10.7. The summed E-state index contributed by atoms with van der Waals surface area (Å²) >= 11 is 0. The van der Waals surface area contributed by atoms with Gasteiger partial charge in [-0.2, -0.15) is 4.98 Å². The molecule has 0 saturated heterocycles. The Labute approximate surface area is 82.2 Å². The van der Waals surface area contributed by atoms with E-state index < -0.39 is 6.10 Å². The van der Waals surface area contributed by atoms with Crippen LogP contribution in [0.2, 0.25) is 0 Å². The Morgan fingerprint density at radius 3 is 2.79 bits per heavy atom. The van der Waals surface area contributed by atoms with Gasteiger partial charge in [-0.15, -0.1) is 0 Å². The minimum atomic E-state index is -0.698. The average Bonchev–Trinajstić information content (AvgIpc) is 2.10. The molecule has 0 aliphatic carbocycles. The van der Waals surface area contributed by atoms with Gasteiger partial charge in [0.05, 0.1) is 12.6 Å². The molecule has 0 aliphatic rings. The highest BCUT2D eigenvalue weighted by molar-refractivity contribution is 5.06. The Morgan fingerprint density at radius 1 is 1.64 bits per heavy atom. The van der Waals surface area contributed by atoms with E-state index in [1.54, 1.807) is 19.9 Å². The molecule has 78 valence electrons. The van der Waals surface area contributed by atoms with Crippen LogP contribution in [0.15, 0.2) is 10.9 Å². The van der Waals surface area contributed by atoms with Crippen molar-refractivity contribution in [3.8, 4) is 0 Å². The second-order valence-corrected chi connectivity index (χ2v) is 3.32. The number of aliphatic hydroxyl groups excluding tert-OH is 1. The van der Waals surface area contributed by atoms with Crippen LogP contribution >= 0.6 is 0 Å². The predicted octanol–water partition coefficient (Wildman–Crippen LogP) is -0.820. The predicted molar refractivity (Wildman–Crippen MR) is 53.0 cm³/mol. The normalized spacial score (nSPS) is 12.9. The second kappa shape index (κ2) is 4.34. The third kappa shape index (κ3) is 2.40. The Kier molecular flexibility index (Phi) is 3.38. The molecule has 0 saturated carbocycles. The fourth-order valence-electron chi connectivity index (χ4n) is 1.28. The van der Waals surface area contributed by atoms with Gasteiger partial charge in [-0.25, -0.2) is 4.79 Å². The minimum Gasteiger partial charge on any atom is -0.390 e. The lowest BCUT2D eigenvalue weighted by Crippen LogP contribution is -2.33. The molecule has 5 heteroatoms. The second-order valence-electron chi connectivity index (χ2n) is 3.32. The van der Waals surface area contributed by atoms with Gasteiger partial charge < -0.3 is 10.8 Å². The van der Waals surface area contributed by atoms with Crippen LogP contribution in [0.4, 0.5) is 0 Å². The van der Waals surface area contributed by atoms with Crippen LogP contribution in [-0.4, -0.2) is 27.3 Å². The van der Waals surface area contributed by atoms with Crippen molar-refractivity contribution < 1.29 is 5.11 Å². The maximum atomic E-state index is 11.4. The molecule has 0 radical (unpaired) electrons. The summed E-state index contributed by atoms with van der Waals surface area (Å²) in [4.78, 5) is 15.2. The molecule has 1 atom stereocenters. The number of hydrogen-bond donors (Lipinski definition) is 2. The minimum absolute atomic E-state index is 0.139. The summed E-state index contributed by atoms with van der Waals surface area (Å²) in [6.45, 7) is 3.91. The molecule has 14 heavy (non-hydrogen) atoms. The van der Waals surface area contributed by atoms with Crippen LogP contribution in [0.25, 0.3) is 0 Å². The average molecular weight is 197 g/mol. The third-order valence-corrected chi connectivity index (χ3v) is 2.01. The van der Waals surface area contributed by atoms with E-state index in [1.165, 1.54) is 4.57 Å². The monoisotopic (exact) mass is 197 g/mol. The lowest BCUT2D eigenvalue weighted by Gasteiger charge is -2.12. The van der Waals surface area contributed by atoms with Crippen molar-refractivity contribution in [2.75, 3.05) is 6.54 Å². The Balaban J connectivity index is 3.03. The van der Waals surface area contributed by atoms with Crippen LogP contribution in [0.5, 0.6) is 0 Å². The molecule has 1 aromatic rings. The highest BCUT2D eigenvalue weighted by Crippen LogP contribution is 1.97. The zero-order valence-electron chi connectivity index (χ0n) is 8.40. The fourth-order valence-corrected chi connectivity index (χ4v) is 1.28. The van der Waals surface area contributed by atoms with Crippen molar-refractivity contribution in [1.29, 1.82) is 0 Å². The van der Waals surface area contributed by atoms with Gasteiger partial charge in [-0.05, 0) is 19.9 Å². The molecule has 1 aromatic heterocycles. The van der Waals surface area contributed by atoms with Gasteiger partial charge in [0, 0.05) is 17.9 Å². The number of aromatic nitrogens is 2. The number of rotatable bonds is 3. The van der Waals surface area contributed by atoms with Crippen LogP contribution in [0.3, 0.4) is 0 Å². The topological polar surface area (TPSA) is 81.1 Å². The summed E-state index contributed by atoms with van der Waals surface area (Å²) in [6.07, 6.45) is -0.698. The number of nitrogens with two attached hydrogens (primary N) is 1. The third-order valence-electron chi connectivity index (χ3n) is 2.01. The Morgan fingerprint density at radius 2 is 2.29 bits per heavy atom. The van der Waals surface area contributed by atoms with E-state index in [0.29, 0.717) is 5.69 Å². The van der Waals surface area contributed by atoms with E-state index in [4.69, 9.17) is 5.73 Å². The van der Waals surface area contributed by atoms with Crippen molar-refractivity contribution in [3.63, 3.8) is 0 Å². The lowest BCUT2D eigenvalue weighted by molar-refractivity contribution is 0.159. The first kappa shape index (κ1) is 10.9. The Hall–Kier alpha value is -1.20. The van der Waals surface area contributed by atoms with Crippen molar-refractivity contribution in [1.82, 2.24) is 9.55 Å². The maximum absolute atomic E-state index is 11.4. The van der Waals surface area contributed by atoms with Crippen molar-refractivity contribution >= 4 is 0 Å². The van der Waals surface area contributed by atoms with E-state index in [2.05, 4.69) is 4.98 Å². The van der Waals surface area contributed by atoms with Gasteiger partial charge in [0.25, 0.3) is 0 Å². The summed E-state index contributed by atoms with van der Waals surface area (Å²) in [5, 5.41) is 9.32. The van der Waals surface area contributed by atoms with Gasteiger partial charge >= 0.3 is 5.69 Å². The Bertz CT molecular complexity index is 373. The SMILES string of the molecule is Cc1cc(C)n(CC(O)CN)c(=O)n1. The van der Waals surface area contributed by atoms with Crippen LogP contribution in [-0.2, 0) is 6.54 Å². The largest absolute Gasteiger partial charge is 0.390 e. The summed E-state index contributed by atoms with van der Waals surface area (Å²) in [7, 11) is 0. The molecule has 0 amide bonds. The first-order valence-electron chi connectivity index (χ1n) is 4.48. The number of aryl methyl sites for hydroxylation is 2. The van der Waals surface area contributed by atoms with Crippen molar-refractivity contribution in [2.45, 2.75) is 26.5 Å². The summed E-state index contributed by atoms with van der Waals surface area (Å²) in [6, 6.07) is 1.80. The number of hydrogen-bond acceptors (Lipinski definition) is 4. The first-order chi connectivity index (χ1) is 6.54. The molecule has 1 rings (SSSR count). The van der Waals surface area contributed by atoms with Crippen molar-refractivity contribution in [2.24, 2.45) is 5.73 Å². The molecule has 0 bridgehead atoms. The van der Waals surface area contributed by atoms with Crippen LogP contribution < -0.4 is 11.4 Å². The standard InChI is InChI=1S/C9H15N3O2/c1-6-3-7(2)12(9(14)11-6)5-8(13)4-10/h3,8,13H,4-5,10H2,1-2H3. The van der Waals surface area contributed by atoms with E-state index in [0.717, 1.165) is 5.69 Å². The zero-order valence-corrected chi connectivity index (χ0v) is 8.40. The van der Waals surface area contributed by atoms with Gasteiger partial charge in [0.2, 0.25) is 0 Å². The molecule has 0 aromatic carbocycles. The van der Waals surface area contributed by atoms with Crippen LogP contribution in [0.1, 0.15) is 11.4 Å². The summed E-state index contributed by atoms with van der Waals surface area (Å²) < 4.78 is 1.42. The highest BCUT2D eigenvalue weighted by atomic mass is 16.3. The van der Waals surface area contributed by atoms with E-state index >= 15 is 0 Å². The fraction of sp³-hybridized carbons (Fsp3) is 0.556. The van der Waals surface area contributed by atoms with Gasteiger partial charge in [0.1, 0.15) is 0 Å². The molecule has 1 heterocycles. The molecular formula is C9H15N3O2. The van der Waals surface area contributed by atoms with E-state index in [-0.39, 0.29) is 18.8 Å². The summed E-state index contributed by atoms with van der Waals surface area (Å²) in [5.74, 6) is 0. The van der Waals surface area contributed by atoms with Gasteiger partial charge in [-0.3, -0.25) is 4.57 Å². The molecule has 5 nitrogen and oxygen atoms in total. The summed E-state index contributed by atoms with van der Waals surface area (Å²) in [5.41, 5.74) is 6.40. The maximum Gasteiger partial charge on any atom is 0.348 e. The molecule has 3 N–H and O–H groups in total. The molecule has 0 aliphatic heterocycles. The van der Waals surface area contributed by atoms with Crippen molar-refractivity contribution in [3.05, 3.63) is 27.9 Å². The van der Waals surface area contributed by atoms with E-state index in [1.807, 2.05) is 0 Å². The lowest BCUT2D eigenvalue weighted by atomic mass is 10.3. The first-order valence-corrected chi connectivity index (χ1v) is 4.48. The molecule has 1 unspecified atom stereocenters. The smallest absolute Gasteiger partial charge is 0.348 e. The van der Waals surface area contributed by atoms with Gasteiger partial charge in [0.15, 0.2) is 0 Å². The van der Waals surface area contributed by atoms with Crippen LogP contribution in [0, 0.1) is 13.8 Å². The van der Waals surface area contributed by atoms with E-state index in [9.17, 15) is 9.90 Å².